The normalized spacial score (nSPS) is 11.6. The van der Waals surface area contributed by atoms with Crippen LogP contribution < -0.4 is 10.6 Å². The van der Waals surface area contributed by atoms with Crippen LogP contribution >= 0.6 is 0 Å². The molecule has 0 aromatic heterocycles. The molecule has 0 heterocycles. The van der Waals surface area contributed by atoms with Crippen molar-refractivity contribution in [3.8, 4) is 0 Å². The standard InChI is InChI=1S/C44H84N2O6/c1-4-7-9-11-13-15-17-19-21-23-25-27-29-31-33-35-37-45-43(48)51-40-41(39-50-42(47)6-3)52-44(49)46-38-36-34-32-30-28-26-24-22-20-18-16-14-12-10-8-5-2/h6,41H,3-5,7-40H2,1-2H3,(H,45,48)(H,46,49). The van der Waals surface area contributed by atoms with Crippen molar-refractivity contribution in [2.75, 3.05) is 26.3 Å². The highest BCUT2D eigenvalue weighted by atomic mass is 16.6. The Kier molecular flexibility index (Phi) is 39.7. The van der Waals surface area contributed by atoms with Crippen LogP contribution in [0.5, 0.6) is 0 Å². The van der Waals surface area contributed by atoms with E-state index >= 15 is 0 Å². The Morgan fingerprint density at radius 2 is 0.731 bits per heavy atom. The molecular formula is C44H84N2O6. The number of hydrogen-bond donors (Lipinski definition) is 2. The molecule has 2 amide bonds. The van der Waals surface area contributed by atoms with Crippen molar-refractivity contribution in [3.63, 3.8) is 0 Å². The van der Waals surface area contributed by atoms with Gasteiger partial charge in [0, 0.05) is 19.2 Å². The fourth-order valence-electron chi connectivity index (χ4n) is 6.49. The maximum Gasteiger partial charge on any atom is 0.407 e. The molecule has 306 valence electrons. The summed E-state index contributed by atoms with van der Waals surface area (Å²) in [5, 5.41) is 5.52. The molecule has 0 bridgehead atoms. The number of alkyl carbamates (subject to hydrolysis) is 2. The van der Waals surface area contributed by atoms with E-state index in [1.807, 2.05) is 0 Å². The van der Waals surface area contributed by atoms with Crippen LogP contribution in [0.4, 0.5) is 9.59 Å². The van der Waals surface area contributed by atoms with E-state index in [0.717, 1.165) is 38.2 Å². The van der Waals surface area contributed by atoms with Crippen LogP contribution in [0.2, 0.25) is 0 Å². The summed E-state index contributed by atoms with van der Waals surface area (Å²) in [5.41, 5.74) is 0. The molecule has 0 aromatic carbocycles. The number of unbranched alkanes of at least 4 members (excludes halogenated alkanes) is 30. The predicted molar refractivity (Wildman–Crippen MR) is 218 cm³/mol. The molecule has 0 aliphatic rings. The number of esters is 1. The average molecular weight is 737 g/mol. The van der Waals surface area contributed by atoms with Gasteiger partial charge in [0.15, 0.2) is 6.10 Å². The lowest BCUT2D eigenvalue weighted by atomic mass is 10.0. The molecule has 8 nitrogen and oxygen atoms in total. The molecule has 0 spiro atoms. The molecule has 2 N–H and O–H groups in total. The molecule has 52 heavy (non-hydrogen) atoms. The molecule has 0 aliphatic heterocycles. The third-order valence-electron chi connectivity index (χ3n) is 9.85. The SMILES string of the molecule is C=CC(=O)OCC(COC(=O)NCCCCCCCCCCCCCCCCCC)OC(=O)NCCCCCCCCCCCCCCCCCC. The molecule has 0 rings (SSSR count). The first kappa shape index (κ1) is 49.8. The summed E-state index contributed by atoms with van der Waals surface area (Å²) in [7, 11) is 0. The van der Waals surface area contributed by atoms with Crippen molar-refractivity contribution >= 4 is 18.2 Å². The number of hydrogen-bond acceptors (Lipinski definition) is 6. The van der Waals surface area contributed by atoms with Gasteiger partial charge in [0.25, 0.3) is 0 Å². The Morgan fingerprint density at radius 1 is 0.442 bits per heavy atom. The number of rotatable bonds is 40. The van der Waals surface area contributed by atoms with Crippen molar-refractivity contribution in [2.45, 2.75) is 225 Å². The highest BCUT2D eigenvalue weighted by Gasteiger charge is 2.19. The van der Waals surface area contributed by atoms with Crippen LogP contribution in [0.25, 0.3) is 0 Å². The number of amides is 2. The Balaban J connectivity index is 3.82. The number of carbonyl (C=O) groups is 3. The van der Waals surface area contributed by atoms with Crippen LogP contribution in [-0.2, 0) is 19.0 Å². The summed E-state index contributed by atoms with van der Waals surface area (Å²) in [6.07, 6.45) is 40.5. The summed E-state index contributed by atoms with van der Waals surface area (Å²) >= 11 is 0. The second-order valence-electron chi connectivity index (χ2n) is 14.9. The van der Waals surface area contributed by atoms with Crippen LogP contribution in [0.15, 0.2) is 12.7 Å². The maximum atomic E-state index is 12.4. The minimum absolute atomic E-state index is 0.207. The molecule has 0 saturated carbocycles. The van der Waals surface area contributed by atoms with Gasteiger partial charge in [-0.25, -0.2) is 14.4 Å². The molecule has 0 aromatic rings. The fraction of sp³-hybridized carbons (Fsp3) is 0.886. The summed E-state index contributed by atoms with van der Waals surface area (Å²) in [4.78, 5) is 36.1. The zero-order chi connectivity index (χ0) is 38.0. The van der Waals surface area contributed by atoms with Gasteiger partial charge in [0.05, 0.1) is 0 Å². The lowest BCUT2D eigenvalue weighted by molar-refractivity contribution is -0.141. The summed E-state index contributed by atoms with van der Waals surface area (Å²) in [6, 6.07) is 0. The molecule has 8 heteroatoms. The number of carbonyl (C=O) groups excluding carboxylic acids is 3. The Labute approximate surface area is 321 Å². The van der Waals surface area contributed by atoms with E-state index in [-0.39, 0.29) is 13.2 Å². The number of nitrogens with one attached hydrogen (secondary N) is 2. The third-order valence-corrected chi connectivity index (χ3v) is 9.85. The molecule has 0 radical (unpaired) electrons. The maximum absolute atomic E-state index is 12.4. The van der Waals surface area contributed by atoms with Crippen LogP contribution in [0.1, 0.15) is 219 Å². The van der Waals surface area contributed by atoms with E-state index in [1.54, 1.807) is 0 Å². The monoisotopic (exact) mass is 737 g/mol. The number of ether oxygens (including phenoxy) is 3. The second-order valence-corrected chi connectivity index (χ2v) is 14.9. The van der Waals surface area contributed by atoms with Crippen LogP contribution in [-0.4, -0.2) is 50.6 Å². The summed E-state index contributed by atoms with van der Waals surface area (Å²) in [5.74, 6) is -0.630. The van der Waals surface area contributed by atoms with Gasteiger partial charge in [-0.15, -0.1) is 0 Å². The zero-order valence-corrected chi connectivity index (χ0v) is 34.3. The van der Waals surface area contributed by atoms with E-state index in [9.17, 15) is 14.4 Å². The van der Waals surface area contributed by atoms with E-state index in [1.165, 1.54) is 173 Å². The lowest BCUT2D eigenvalue weighted by Crippen LogP contribution is -2.37. The first-order valence-corrected chi connectivity index (χ1v) is 22.2. The fourth-order valence-corrected chi connectivity index (χ4v) is 6.49. The predicted octanol–water partition coefficient (Wildman–Crippen LogP) is 13.1. The molecular weight excluding hydrogens is 652 g/mol. The largest absolute Gasteiger partial charge is 0.458 e. The van der Waals surface area contributed by atoms with Crippen molar-refractivity contribution in [2.24, 2.45) is 0 Å². The minimum atomic E-state index is -0.906. The van der Waals surface area contributed by atoms with Gasteiger partial charge in [-0.1, -0.05) is 213 Å². The average Bonchev–Trinajstić information content (AvgIpc) is 3.15. The van der Waals surface area contributed by atoms with Crippen LogP contribution in [0.3, 0.4) is 0 Å². The first-order valence-electron chi connectivity index (χ1n) is 22.2. The van der Waals surface area contributed by atoms with Crippen molar-refractivity contribution in [3.05, 3.63) is 12.7 Å². The minimum Gasteiger partial charge on any atom is -0.458 e. The lowest BCUT2D eigenvalue weighted by Gasteiger charge is -2.18. The van der Waals surface area contributed by atoms with E-state index in [0.29, 0.717) is 13.1 Å². The first-order chi connectivity index (χ1) is 25.5. The molecule has 1 unspecified atom stereocenters. The highest BCUT2D eigenvalue weighted by Crippen LogP contribution is 2.15. The van der Waals surface area contributed by atoms with Gasteiger partial charge in [0.2, 0.25) is 0 Å². The van der Waals surface area contributed by atoms with Gasteiger partial charge >= 0.3 is 18.2 Å². The topological polar surface area (TPSA) is 103 Å². The van der Waals surface area contributed by atoms with Crippen molar-refractivity contribution in [1.82, 2.24) is 10.6 Å². The van der Waals surface area contributed by atoms with Crippen LogP contribution in [0, 0.1) is 0 Å². The zero-order valence-electron chi connectivity index (χ0n) is 34.3. The Morgan fingerprint density at radius 3 is 1.06 bits per heavy atom. The van der Waals surface area contributed by atoms with Gasteiger partial charge < -0.3 is 24.8 Å². The molecule has 0 aliphatic carbocycles. The highest BCUT2D eigenvalue weighted by molar-refractivity contribution is 5.81. The quantitative estimate of drug-likeness (QED) is 0.0281. The third kappa shape index (κ3) is 39.0. The molecule has 0 saturated heterocycles. The molecule has 1 atom stereocenters. The summed E-state index contributed by atoms with van der Waals surface area (Å²) < 4.78 is 15.7. The van der Waals surface area contributed by atoms with Gasteiger partial charge in [-0.05, 0) is 12.8 Å². The molecule has 0 fully saturated rings. The van der Waals surface area contributed by atoms with Crippen molar-refractivity contribution < 1.29 is 28.6 Å². The van der Waals surface area contributed by atoms with Gasteiger partial charge in [0.1, 0.15) is 13.2 Å². The Hall–Kier alpha value is -2.25. The van der Waals surface area contributed by atoms with E-state index in [2.05, 4.69) is 31.1 Å². The van der Waals surface area contributed by atoms with Crippen molar-refractivity contribution in [1.29, 1.82) is 0 Å². The van der Waals surface area contributed by atoms with Gasteiger partial charge in [-0.2, -0.15) is 0 Å². The van der Waals surface area contributed by atoms with E-state index in [4.69, 9.17) is 14.2 Å². The Bertz CT molecular complexity index is 808. The second kappa shape index (κ2) is 41.5. The van der Waals surface area contributed by atoms with Gasteiger partial charge in [-0.3, -0.25) is 0 Å². The summed E-state index contributed by atoms with van der Waals surface area (Å²) in [6.45, 7) is 8.55. The smallest absolute Gasteiger partial charge is 0.407 e. The van der Waals surface area contributed by atoms with E-state index < -0.39 is 24.3 Å².